The molecule has 0 saturated carbocycles. The van der Waals surface area contributed by atoms with Crippen molar-refractivity contribution in [3.8, 4) is 5.75 Å². The van der Waals surface area contributed by atoms with Gasteiger partial charge in [0.25, 0.3) is 0 Å². The summed E-state index contributed by atoms with van der Waals surface area (Å²) in [4.78, 5) is 23.7. The van der Waals surface area contributed by atoms with Crippen molar-refractivity contribution in [2.24, 2.45) is 10.2 Å². The van der Waals surface area contributed by atoms with E-state index in [-0.39, 0.29) is 28.3 Å². The van der Waals surface area contributed by atoms with Gasteiger partial charge in [0.1, 0.15) is 11.4 Å². The number of phenolic OH excluding ortho intramolecular Hbond substituents is 1. The molecule has 0 heterocycles. The first kappa shape index (κ1) is 18.1. The van der Waals surface area contributed by atoms with Crippen molar-refractivity contribution < 1.29 is 24.2 Å². The van der Waals surface area contributed by atoms with E-state index in [1.807, 2.05) is 24.3 Å². The van der Waals surface area contributed by atoms with Crippen LogP contribution in [0.5, 0.6) is 5.75 Å². The van der Waals surface area contributed by atoms with Crippen molar-refractivity contribution in [3.05, 3.63) is 65.7 Å². The zero-order valence-electron chi connectivity index (χ0n) is 14.7. The third-order valence-electron chi connectivity index (χ3n) is 3.90. The van der Waals surface area contributed by atoms with Crippen molar-refractivity contribution in [3.63, 3.8) is 0 Å². The number of rotatable bonds is 4. The van der Waals surface area contributed by atoms with Crippen molar-refractivity contribution in [1.82, 2.24) is 0 Å². The topological polar surface area (TPSA) is 97.5 Å². The third kappa shape index (κ3) is 3.77. The quantitative estimate of drug-likeness (QED) is 0.542. The summed E-state index contributed by atoms with van der Waals surface area (Å²) < 4.78 is 9.39. The normalized spacial score (nSPS) is 10.9. The Kier molecular flexibility index (Phi) is 5.12. The Balaban J connectivity index is 2.08. The van der Waals surface area contributed by atoms with Crippen LogP contribution in [0.1, 0.15) is 20.7 Å². The molecule has 27 heavy (non-hydrogen) atoms. The maximum Gasteiger partial charge on any atom is 0.337 e. The molecule has 1 N–H and O–H groups in total. The van der Waals surface area contributed by atoms with Gasteiger partial charge < -0.3 is 14.6 Å². The fourth-order valence-corrected chi connectivity index (χ4v) is 2.60. The predicted octanol–water partition coefficient (Wildman–Crippen LogP) is 4.53. The molecule has 0 amide bonds. The molecule has 0 radical (unpaired) electrons. The van der Waals surface area contributed by atoms with Crippen LogP contribution >= 0.6 is 0 Å². The average Bonchev–Trinajstić information content (AvgIpc) is 2.71. The van der Waals surface area contributed by atoms with Crippen LogP contribution in [0.25, 0.3) is 10.8 Å². The molecular weight excluding hydrogens is 348 g/mol. The molecule has 0 aliphatic carbocycles. The second-order valence-corrected chi connectivity index (χ2v) is 5.61. The smallest absolute Gasteiger partial charge is 0.337 e. The highest BCUT2D eigenvalue weighted by atomic mass is 16.5. The summed E-state index contributed by atoms with van der Waals surface area (Å²) in [6.45, 7) is 0. The number of phenols is 1. The molecule has 3 aromatic rings. The Hall–Kier alpha value is -3.74. The number of azo groups is 1. The summed E-state index contributed by atoms with van der Waals surface area (Å²) in [5.74, 6) is -1.27. The maximum absolute atomic E-state index is 11.8. The van der Waals surface area contributed by atoms with E-state index in [0.717, 1.165) is 10.8 Å². The molecule has 0 aliphatic rings. The lowest BCUT2D eigenvalue weighted by atomic mass is 10.1. The van der Waals surface area contributed by atoms with E-state index in [1.54, 1.807) is 6.07 Å². The van der Waals surface area contributed by atoms with E-state index in [2.05, 4.69) is 10.2 Å². The number of fused-ring (bicyclic) bond motifs is 1. The van der Waals surface area contributed by atoms with Gasteiger partial charge >= 0.3 is 11.9 Å². The first-order chi connectivity index (χ1) is 13.0. The van der Waals surface area contributed by atoms with Gasteiger partial charge in [-0.15, -0.1) is 5.11 Å². The number of ether oxygens (including phenoxy) is 2. The van der Waals surface area contributed by atoms with Gasteiger partial charge in [0, 0.05) is 5.39 Å². The van der Waals surface area contributed by atoms with Crippen molar-refractivity contribution in [1.29, 1.82) is 0 Å². The first-order valence-corrected chi connectivity index (χ1v) is 7.97. The molecule has 0 aromatic heterocycles. The van der Waals surface area contributed by atoms with Gasteiger partial charge in [-0.05, 0) is 29.7 Å². The van der Waals surface area contributed by atoms with E-state index in [0.29, 0.717) is 0 Å². The highest BCUT2D eigenvalue weighted by Crippen LogP contribution is 2.36. The summed E-state index contributed by atoms with van der Waals surface area (Å²) in [5.41, 5.74) is 0.801. The summed E-state index contributed by atoms with van der Waals surface area (Å²) in [7, 11) is 2.48. The number of hydrogen-bond donors (Lipinski definition) is 1. The van der Waals surface area contributed by atoms with Crippen LogP contribution < -0.4 is 0 Å². The molecule has 7 nitrogen and oxygen atoms in total. The maximum atomic E-state index is 11.8. The van der Waals surface area contributed by atoms with Crippen LogP contribution in [0.3, 0.4) is 0 Å². The van der Waals surface area contributed by atoms with Crippen LogP contribution in [0.4, 0.5) is 11.4 Å². The Labute approximate surface area is 154 Å². The minimum Gasteiger partial charge on any atom is -0.506 e. The van der Waals surface area contributed by atoms with E-state index >= 15 is 0 Å². The molecule has 0 unspecified atom stereocenters. The minimum absolute atomic E-state index is 0.0326. The van der Waals surface area contributed by atoms with Gasteiger partial charge in [-0.3, -0.25) is 0 Å². The molecule has 0 saturated heterocycles. The Bertz CT molecular complexity index is 1030. The van der Waals surface area contributed by atoms with Crippen LogP contribution in [0, 0.1) is 0 Å². The van der Waals surface area contributed by atoms with Crippen LogP contribution in [0.2, 0.25) is 0 Å². The summed E-state index contributed by atoms with van der Waals surface area (Å²) in [6.07, 6.45) is 0. The number of carbonyl (C=O) groups is 2. The van der Waals surface area contributed by atoms with Crippen molar-refractivity contribution in [2.75, 3.05) is 14.2 Å². The average molecular weight is 364 g/mol. The van der Waals surface area contributed by atoms with E-state index in [9.17, 15) is 14.7 Å². The summed E-state index contributed by atoms with van der Waals surface area (Å²) in [6, 6.07) is 14.9. The summed E-state index contributed by atoms with van der Waals surface area (Å²) >= 11 is 0. The Morgan fingerprint density at radius 3 is 2.11 bits per heavy atom. The van der Waals surface area contributed by atoms with Gasteiger partial charge in [0.15, 0.2) is 0 Å². The lowest BCUT2D eigenvalue weighted by Gasteiger charge is -2.06. The first-order valence-electron chi connectivity index (χ1n) is 7.97. The monoisotopic (exact) mass is 364 g/mol. The Morgan fingerprint density at radius 2 is 1.48 bits per heavy atom. The number of methoxy groups -OCH3 is 2. The Morgan fingerprint density at radius 1 is 0.852 bits per heavy atom. The van der Waals surface area contributed by atoms with Gasteiger partial charge in [0.05, 0.1) is 31.0 Å². The lowest BCUT2D eigenvalue weighted by Crippen LogP contribution is -2.06. The third-order valence-corrected chi connectivity index (χ3v) is 3.90. The number of benzene rings is 3. The molecule has 3 rings (SSSR count). The van der Waals surface area contributed by atoms with E-state index in [1.165, 1.54) is 38.5 Å². The van der Waals surface area contributed by atoms with E-state index in [4.69, 9.17) is 9.47 Å². The van der Waals surface area contributed by atoms with Gasteiger partial charge in [-0.2, -0.15) is 5.11 Å². The molecule has 0 aliphatic heterocycles. The predicted molar refractivity (Wildman–Crippen MR) is 98.9 cm³/mol. The standard InChI is InChI=1S/C20H16N2O5/c1-26-19(24)13-9-14(20(25)27-2)11-15(10-13)21-22-18-16-6-4-3-5-12(16)7-8-17(18)23/h3-11,23H,1-2H3. The number of nitrogens with zero attached hydrogens (tertiary/aromatic N) is 2. The molecule has 7 heteroatoms. The number of esters is 2. The molecule has 0 spiro atoms. The molecule has 0 fully saturated rings. The summed E-state index contributed by atoms with van der Waals surface area (Å²) in [5, 5.41) is 20.0. The largest absolute Gasteiger partial charge is 0.506 e. The van der Waals surface area contributed by atoms with Crippen LogP contribution in [-0.4, -0.2) is 31.3 Å². The molecule has 3 aromatic carbocycles. The molecule has 136 valence electrons. The van der Waals surface area contributed by atoms with Crippen molar-refractivity contribution >= 4 is 34.1 Å². The van der Waals surface area contributed by atoms with E-state index < -0.39 is 11.9 Å². The van der Waals surface area contributed by atoms with Crippen molar-refractivity contribution in [2.45, 2.75) is 0 Å². The highest BCUT2D eigenvalue weighted by molar-refractivity contribution is 5.97. The SMILES string of the molecule is COC(=O)c1cc(N=Nc2c(O)ccc3ccccc23)cc(C(=O)OC)c1. The minimum atomic E-state index is -0.620. The lowest BCUT2D eigenvalue weighted by molar-refractivity contribution is 0.0599. The molecular formula is C20H16N2O5. The second-order valence-electron chi connectivity index (χ2n) is 5.61. The number of hydrogen-bond acceptors (Lipinski definition) is 7. The van der Waals surface area contributed by atoms with Crippen LogP contribution in [-0.2, 0) is 9.47 Å². The zero-order chi connectivity index (χ0) is 19.4. The van der Waals surface area contributed by atoms with Crippen LogP contribution in [0.15, 0.2) is 64.8 Å². The fourth-order valence-electron chi connectivity index (χ4n) is 2.60. The number of carbonyl (C=O) groups excluding carboxylic acids is 2. The fraction of sp³-hybridized carbons (Fsp3) is 0.100. The van der Waals surface area contributed by atoms with Gasteiger partial charge in [0.2, 0.25) is 0 Å². The van der Waals surface area contributed by atoms with Gasteiger partial charge in [-0.25, -0.2) is 9.59 Å². The molecule has 0 bridgehead atoms. The highest BCUT2D eigenvalue weighted by Gasteiger charge is 2.14. The number of aromatic hydroxyl groups is 1. The van der Waals surface area contributed by atoms with Gasteiger partial charge in [-0.1, -0.05) is 30.3 Å². The molecule has 0 atom stereocenters. The zero-order valence-corrected chi connectivity index (χ0v) is 14.7. The second kappa shape index (κ2) is 7.65.